The molecule has 6 heteroatoms. The van der Waals surface area contributed by atoms with Crippen LogP contribution in [0.5, 0.6) is 5.75 Å². The van der Waals surface area contributed by atoms with Crippen LogP contribution in [-0.4, -0.2) is 25.1 Å². The quantitative estimate of drug-likeness (QED) is 0.659. The van der Waals surface area contributed by atoms with Gasteiger partial charge in [-0.1, -0.05) is 0 Å². The number of benzene rings is 2. The molecule has 1 amide bonds. The van der Waals surface area contributed by atoms with Gasteiger partial charge in [0.25, 0.3) is 5.91 Å². The minimum atomic E-state index is -0.704. The molecule has 2 heterocycles. The van der Waals surface area contributed by atoms with Crippen LogP contribution in [0, 0.1) is 0 Å². The van der Waals surface area contributed by atoms with Crippen LogP contribution in [0.25, 0.3) is 11.0 Å². The summed E-state index contributed by atoms with van der Waals surface area (Å²) in [7, 11) is 0. The lowest BCUT2D eigenvalue weighted by Crippen LogP contribution is -2.30. The van der Waals surface area contributed by atoms with E-state index < -0.39 is 11.7 Å². The van der Waals surface area contributed by atoms with Crippen LogP contribution in [-0.2, 0) is 4.79 Å². The lowest BCUT2D eigenvalue weighted by Gasteiger charge is -2.28. The molecule has 0 radical (unpaired) electrons. The first-order valence-electron chi connectivity index (χ1n) is 9.95. The molecule has 2 aromatic carbocycles. The molecule has 29 heavy (non-hydrogen) atoms. The topological polar surface area (TPSA) is 71.8 Å². The molecule has 6 nitrogen and oxygen atoms in total. The van der Waals surface area contributed by atoms with Crippen molar-refractivity contribution >= 4 is 28.3 Å². The van der Waals surface area contributed by atoms with E-state index in [1.165, 1.54) is 31.0 Å². The van der Waals surface area contributed by atoms with Crippen LogP contribution in [0.2, 0.25) is 0 Å². The molecular weight excluding hydrogens is 368 g/mol. The van der Waals surface area contributed by atoms with E-state index in [2.05, 4.69) is 10.2 Å². The summed E-state index contributed by atoms with van der Waals surface area (Å²) in [6, 6.07) is 16.1. The molecule has 1 N–H and O–H groups in total. The number of rotatable bonds is 5. The Bertz CT molecular complexity index is 1050. The molecule has 4 rings (SSSR count). The van der Waals surface area contributed by atoms with Crippen LogP contribution in [0.1, 0.15) is 26.2 Å². The first-order valence-corrected chi connectivity index (χ1v) is 9.95. The van der Waals surface area contributed by atoms with Gasteiger partial charge in [0.05, 0.1) is 0 Å². The van der Waals surface area contributed by atoms with E-state index >= 15 is 0 Å². The van der Waals surface area contributed by atoms with Crippen molar-refractivity contribution in [1.29, 1.82) is 0 Å². The Labute approximate surface area is 169 Å². The maximum atomic E-state index is 12.5. The highest BCUT2D eigenvalue weighted by atomic mass is 16.5. The molecule has 1 atom stereocenters. The Morgan fingerprint density at radius 1 is 1.03 bits per heavy atom. The fourth-order valence-electron chi connectivity index (χ4n) is 3.52. The number of anilines is 2. The zero-order valence-corrected chi connectivity index (χ0v) is 16.4. The van der Waals surface area contributed by atoms with Crippen molar-refractivity contribution < 1.29 is 13.9 Å². The largest absolute Gasteiger partial charge is 0.481 e. The Morgan fingerprint density at radius 2 is 1.76 bits per heavy atom. The third-order valence-electron chi connectivity index (χ3n) is 5.13. The highest BCUT2D eigenvalue weighted by Gasteiger charge is 2.16. The smallest absolute Gasteiger partial charge is 0.336 e. The van der Waals surface area contributed by atoms with Crippen LogP contribution in [0.3, 0.4) is 0 Å². The van der Waals surface area contributed by atoms with Crippen molar-refractivity contribution in [3.05, 3.63) is 65.0 Å². The van der Waals surface area contributed by atoms with Crippen molar-refractivity contribution in [1.82, 2.24) is 0 Å². The van der Waals surface area contributed by atoms with Gasteiger partial charge in [-0.2, -0.15) is 0 Å². The van der Waals surface area contributed by atoms with Gasteiger partial charge >= 0.3 is 5.63 Å². The third-order valence-corrected chi connectivity index (χ3v) is 5.13. The maximum Gasteiger partial charge on any atom is 0.336 e. The molecule has 1 fully saturated rings. The number of fused-ring (bicyclic) bond motifs is 1. The van der Waals surface area contributed by atoms with Gasteiger partial charge in [-0.25, -0.2) is 4.79 Å². The summed E-state index contributed by atoms with van der Waals surface area (Å²) in [5.41, 5.74) is 1.92. The fraction of sp³-hybridized carbons (Fsp3) is 0.304. The molecule has 1 aromatic heterocycles. The van der Waals surface area contributed by atoms with Gasteiger partial charge in [-0.05, 0) is 68.7 Å². The van der Waals surface area contributed by atoms with E-state index in [1.807, 2.05) is 24.3 Å². The average molecular weight is 392 g/mol. The zero-order chi connectivity index (χ0) is 20.2. The van der Waals surface area contributed by atoms with E-state index in [-0.39, 0.29) is 5.91 Å². The third kappa shape index (κ3) is 4.59. The molecule has 1 aliphatic rings. The fourth-order valence-corrected chi connectivity index (χ4v) is 3.52. The Kier molecular flexibility index (Phi) is 5.51. The molecule has 0 unspecified atom stereocenters. The van der Waals surface area contributed by atoms with Gasteiger partial charge in [0.2, 0.25) is 0 Å². The van der Waals surface area contributed by atoms with Crippen LogP contribution in [0.15, 0.2) is 63.8 Å². The minimum Gasteiger partial charge on any atom is -0.481 e. The average Bonchev–Trinajstić information content (AvgIpc) is 2.74. The number of hydrogen-bond donors (Lipinski definition) is 1. The Morgan fingerprint density at radius 3 is 2.52 bits per heavy atom. The minimum absolute atomic E-state index is 0.245. The Hall–Kier alpha value is -3.28. The Balaban J connectivity index is 1.38. The van der Waals surface area contributed by atoms with E-state index in [0.29, 0.717) is 11.3 Å². The van der Waals surface area contributed by atoms with Crippen molar-refractivity contribution in [3.63, 3.8) is 0 Å². The number of nitrogens with one attached hydrogen (secondary N) is 1. The summed E-state index contributed by atoms with van der Waals surface area (Å²) in [6.45, 7) is 3.85. The predicted molar refractivity (Wildman–Crippen MR) is 114 cm³/mol. The van der Waals surface area contributed by atoms with E-state index in [9.17, 15) is 9.59 Å². The number of carbonyl (C=O) groups is 1. The van der Waals surface area contributed by atoms with Crippen LogP contribution < -0.4 is 20.6 Å². The molecule has 0 saturated carbocycles. The van der Waals surface area contributed by atoms with Gasteiger partial charge in [-0.15, -0.1) is 0 Å². The van der Waals surface area contributed by atoms with Crippen molar-refractivity contribution in [2.24, 2.45) is 0 Å². The monoisotopic (exact) mass is 392 g/mol. The van der Waals surface area contributed by atoms with Crippen LogP contribution >= 0.6 is 0 Å². The van der Waals surface area contributed by atoms with E-state index in [0.717, 1.165) is 24.2 Å². The highest BCUT2D eigenvalue weighted by Crippen LogP contribution is 2.23. The predicted octanol–water partition coefficient (Wildman–Crippen LogP) is 4.19. The second kappa shape index (κ2) is 8.39. The number of piperidine rings is 1. The summed E-state index contributed by atoms with van der Waals surface area (Å²) in [5.74, 6) is 0.222. The molecule has 0 aliphatic carbocycles. The molecule has 150 valence electrons. The first kappa shape index (κ1) is 19.1. The highest BCUT2D eigenvalue weighted by molar-refractivity contribution is 5.94. The van der Waals surface area contributed by atoms with Crippen molar-refractivity contribution in [2.75, 3.05) is 23.3 Å². The maximum absolute atomic E-state index is 12.5. The van der Waals surface area contributed by atoms with E-state index in [1.54, 1.807) is 31.2 Å². The second-order valence-corrected chi connectivity index (χ2v) is 7.30. The molecular formula is C23H24N2O4. The zero-order valence-electron chi connectivity index (χ0n) is 16.4. The van der Waals surface area contributed by atoms with Gasteiger partial charge in [0, 0.05) is 42.0 Å². The molecule has 0 bridgehead atoms. The second-order valence-electron chi connectivity index (χ2n) is 7.30. The van der Waals surface area contributed by atoms with E-state index in [4.69, 9.17) is 9.15 Å². The van der Waals surface area contributed by atoms with Crippen molar-refractivity contribution in [2.45, 2.75) is 32.3 Å². The van der Waals surface area contributed by atoms with Gasteiger partial charge in [0.15, 0.2) is 6.10 Å². The number of hydrogen-bond acceptors (Lipinski definition) is 5. The normalized spacial score (nSPS) is 15.1. The van der Waals surface area contributed by atoms with Gasteiger partial charge in [0.1, 0.15) is 11.3 Å². The van der Waals surface area contributed by atoms with Gasteiger partial charge in [-0.3, -0.25) is 4.79 Å². The summed E-state index contributed by atoms with van der Waals surface area (Å²) < 4.78 is 10.9. The first-order chi connectivity index (χ1) is 14.1. The SMILES string of the molecule is C[C@H](Oc1ccc2ccc(=O)oc2c1)C(=O)Nc1ccc(N2CCCCC2)cc1. The molecule has 1 aliphatic heterocycles. The number of carbonyl (C=O) groups excluding carboxylic acids is 1. The lowest BCUT2D eigenvalue weighted by atomic mass is 10.1. The summed E-state index contributed by atoms with van der Waals surface area (Å²) in [4.78, 5) is 26.3. The summed E-state index contributed by atoms with van der Waals surface area (Å²) in [5, 5.41) is 3.68. The molecule has 1 saturated heterocycles. The van der Waals surface area contributed by atoms with Gasteiger partial charge < -0.3 is 19.4 Å². The standard InChI is InChI=1S/C23H24N2O4/c1-16(28-20-11-5-17-6-12-22(26)29-21(17)15-20)23(27)24-18-7-9-19(10-8-18)25-13-3-2-4-14-25/h5-12,15-16H,2-4,13-14H2,1H3,(H,24,27)/t16-/m0/s1. The van der Waals surface area contributed by atoms with Crippen LogP contribution in [0.4, 0.5) is 11.4 Å². The van der Waals surface area contributed by atoms with Crippen molar-refractivity contribution in [3.8, 4) is 5.75 Å². The number of nitrogens with zero attached hydrogens (tertiary/aromatic N) is 1. The molecule has 3 aromatic rings. The lowest BCUT2D eigenvalue weighted by molar-refractivity contribution is -0.122. The summed E-state index contributed by atoms with van der Waals surface area (Å²) >= 11 is 0. The number of ether oxygens (including phenoxy) is 1. The molecule has 0 spiro atoms. The summed E-state index contributed by atoms with van der Waals surface area (Å²) in [6.07, 6.45) is 3.05. The number of amides is 1.